The number of hydrogen-bond donors (Lipinski definition) is 2. The Morgan fingerprint density at radius 2 is 2.14 bits per heavy atom. The summed E-state index contributed by atoms with van der Waals surface area (Å²) >= 11 is 0. The molecule has 1 aliphatic heterocycles. The minimum absolute atomic E-state index is 0.0742. The number of benzene rings is 1. The van der Waals surface area contributed by atoms with E-state index in [4.69, 9.17) is 10.5 Å². The van der Waals surface area contributed by atoms with E-state index in [0.29, 0.717) is 5.69 Å². The lowest BCUT2D eigenvalue weighted by Crippen LogP contribution is -2.43. The number of amides is 1. The zero-order valence-corrected chi connectivity index (χ0v) is 11.6. The quantitative estimate of drug-likeness (QED) is 0.284. The molecule has 1 atom stereocenters. The van der Waals surface area contributed by atoms with Gasteiger partial charge in [0.15, 0.2) is 5.41 Å². The average Bonchev–Trinajstić information content (AvgIpc) is 2.69. The van der Waals surface area contributed by atoms with Gasteiger partial charge in [-0.05, 0) is 19.4 Å². The van der Waals surface area contributed by atoms with Crippen molar-refractivity contribution in [1.29, 1.82) is 0 Å². The largest absolute Gasteiger partial charge is 0.465 e. The van der Waals surface area contributed by atoms with Gasteiger partial charge in [0.25, 0.3) is 5.69 Å². The molecule has 3 N–H and O–H groups in total. The van der Waals surface area contributed by atoms with Crippen LogP contribution in [0.4, 0.5) is 17.1 Å². The second-order valence-electron chi connectivity index (χ2n) is 4.65. The summed E-state index contributed by atoms with van der Waals surface area (Å²) in [5.41, 5.74) is 4.15. The Hall–Kier alpha value is -2.64. The number of carbonyl (C=O) groups is 2. The third-order valence-electron chi connectivity index (χ3n) is 3.61. The molecule has 0 aromatic heterocycles. The molecule has 0 aliphatic carbocycles. The van der Waals surface area contributed by atoms with Gasteiger partial charge in [0.05, 0.1) is 11.5 Å². The molecule has 2 rings (SSSR count). The van der Waals surface area contributed by atoms with Gasteiger partial charge in [-0.25, -0.2) is 0 Å². The maximum Gasteiger partial charge on any atom is 0.326 e. The molecule has 21 heavy (non-hydrogen) atoms. The van der Waals surface area contributed by atoms with Crippen LogP contribution >= 0.6 is 0 Å². The number of nitrogens with one attached hydrogen (secondary N) is 1. The maximum atomic E-state index is 12.3. The molecule has 1 heterocycles. The van der Waals surface area contributed by atoms with Crippen molar-refractivity contribution in [3.05, 3.63) is 27.8 Å². The van der Waals surface area contributed by atoms with Crippen LogP contribution in [0.2, 0.25) is 0 Å². The Morgan fingerprint density at radius 1 is 1.48 bits per heavy atom. The molecule has 0 bridgehead atoms. The van der Waals surface area contributed by atoms with Crippen molar-refractivity contribution in [1.82, 2.24) is 0 Å². The third-order valence-corrected chi connectivity index (χ3v) is 3.61. The number of nitro benzene ring substituents is 1. The number of nitrogens with zero attached hydrogens (tertiary/aromatic N) is 1. The Bertz CT molecular complexity index is 643. The van der Waals surface area contributed by atoms with Crippen molar-refractivity contribution >= 4 is 28.9 Å². The molecule has 8 nitrogen and oxygen atoms in total. The van der Waals surface area contributed by atoms with Crippen LogP contribution in [0.5, 0.6) is 0 Å². The van der Waals surface area contributed by atoms with E-state index in [1.54, 1.807) is 13.8 Å². The Morgan fingerprint density at radius 3 is 2.67 bits per heavy atom. The summed E-state index contributed by atoms with van der Waals surface area (Å²) in [4.78, 5) is 34.9. The van der Waals surface area contributed by atoms with Crippen molar-refractivity contribution in [3.8, 4) is 0 Å². The van der Waals surface area contributed by atoms with Crippen LogP contribution in [0.3, 0.4) is 0 Å². The molecule has 0 saturated heterocycles. The Labute approximate surface area is 120 Å². The Kier molecular flexibility index (Phi) is 3.54. The fraction of sp³-hybridized carbons (Fsp3) is 0.385. The lowest BCUT2D eigenvalue weighted by molar-refractivity contribution is -0.384. The van der Waals surface area contributed by atoms with Crippen LogP contribution in [0.15, 0.2) is 12.1 Å². The number of rotatable bonds is 4. The fourth-order valence-electron chi connectivity index (χ4n) is 2.52. The van der Waals surface area contributed by atoms with Gasteiger partial charge in [-0.2, -0.15) is 0 Å². The first-order valence-electron chi connectivity index (χ1n) is 6.45. The molecule has 112 valence electrons. The van der Waals surface area contributed by atoms with E-state index in [1.807, 2.05) is 0 Å². The van der Waals surface area contributed by atoms with E-state index in [0.717, 1.165) is 0 Å². The number of nitrogens with two attached hydrogens (primary N) is 1. The third kappa shape index (κ3) is 1.99. The second-order valence-corrected chi connectivity index (χ2v) is 4.65. The number of fused-ring (bicyclic) bond motifs is 1. The fourth-order valence-corrected chi connectivity index (χ4v) is 2.52. The smallest absolute Gasteiger partial charge is 0.326 e. The van der Waals surface area contributed by atoms with Gasteiger partial charge in [0.2, 0.25) is 5.91 Å². The standard InChI is InChI=1S/C13H15N3O5/c1-3-13(12(18)21-4-2)7-5-10(16(19)20)8(14)6-9(7)15-11(13)17/h5-6H,3-4,14H2,1-2H3,(H,15,17). The first-order valence-corrected chi connectivity index (χ1v) is 6.45. The highest BCUT2D eigenvalue weighted by Crippen LogP contribution is 2.44. The van der Waals surface area contributed by atoms with Crippen molar-refractivity contribution in [2.24, 2.45) is 0 Å². The number of esters is 1. The van der Waals surface area contributed by atoms with E-state index < -0.39 is 22.2 Å². The van der Waals surface area contributed by atoms with E-state index in [9.17, 15) is 19.7 Å². The van der Waals surface area contributed by atoms with Gasteiger partial charge in [0, 0.05) is 17.3 Å². The Balaban J connectivity index is 2.67. The highest BCUT2D eigenvalue weighted by atomic mass is 16.6. The van der Waals surface area contributed by atoms with Crippen LogP contribution < -0.4 is 11.1 Å². The number of nitro groups is 1. The van der Waals surface area contributed by atoms with Gasteiger partial charge >= 0.3 is 5.97 Å². The highest BCUT2D eigenvalue weighted by molar-refractivity contribution is 6.19. The maximum absolute atomic E-state index is 12.3. The predicted octanol–water partition coefficient (Wildman–Crippen LogP) is 1.34. The number of ether oxygens (including phenoxy) is 1. The van der Waals surface area contributed by atoms with Crippen molar-refractivity contribution < 1.29 is 19.2 Å². The van der Waals surface area contributed by atoms with Gasteiger partial charge in [0.1, 0.15) is 5.69 Å². The van der Waals surface area contributed by atoms with Crippen molar-refractivity contribution in [2.45, 2.75) is 25.7 Å². The molecule has 1 aliphatic rings. The zero-order valence-electron chi connectivity index (χ0n) is 11.6. The van der Waals surface area contributed by atoms with E-state index in [2.05, 4.69) is 5.32 Å². The monoisotopic (exact) mass is 293 g/mol. The molecule has 0 spiro atoms. The summed E-state index contributed by atoms with van der Waals surface area (Å²) in [7, 11) is 0. The molecule has 0 saturated carbocycles. The first-order chi connectivity index (χ1) is 9.88. The molecule has 1 unspecified atom stereocenters. The summed E-state index contributed by atoms with van der Waals surface area (Å²) in [6.07, 6.45) is 0.131. The minimum atomic E-state index is -1.57. The van der Waals surface area contributed by atoms with Crippen molar-refractivity contribution in [2.75, 3.05) is 17.7 Å². The summed E-state index contributed by atoms with van der Waals surface area (Å²) in [6.45, 7) is 3.38. The number of hydrogen-bond acceptors (Lipinski definition) is 6. The summed E-state index contributed by atoms with van der Waals surface area (Å²) in [5.74, 6) is -1.28. The highest BCUT2D eigenvalue weighted by Gasteiger charge is 2.53. The first kappa shape index (κ1) is 14.8. The second kappa shape index (κ2) is 5.04. The SMILES string of the molecule is CCOC(=O)C1(CC)C(=O)Nc2cc(N)c([N+](=O)[O-])cc21. The van der Waals surface area contributed by atoms with Gasteiger partial charge in [-0.15, -0.1) is 0 Å². The summed E-state index contributed by atoms with van der Waals surface area (Å²) < 4.78 is 4.98. The summed E-state index contributed by atoms with van der Waals surface area (Å²) in [6, 6.07) is 2.46. The molecule has 1 aromatic rings. The number of carbonyl (C=O) groups excluding carboxylic acids is 2. The number of nitrogen functional groups attached to an aromatic ring is 1. The number of anilines is 2. The van der Waals surface area contributed by atoms with E-state index in [-0.39, 0.29) is 30.0 Å². The average molecular weight is 293 g/mol. The van der Waals surface area contributed by atoms with Crippen LogP contribution in [0, 0.1) is 10.1 Å². The zero-order chi connectivity index (χ0) is 15.8. The molecule has 1 amide bonds. The van der Waals surface area contributed by atoms with E-state index in [1.165, 1.54) is 12.1 Å². The van der Waals surface area contributed by atoms with Crippen molar-refractivity contribution in [3.63, 3.8) is 0 Å². The molecule has 0 radical (unpaired) electrons. The van der Waals surface area contributed by atoms with E-state index >= 15 is 0 Å². The molecular formula is C13H15N3O5. The minimum Gasteiger partial charge on any atom is -0.465 e. The lowest BCUT2D eigenvalue weighted by Gasteiger charge is -2.23. The summed E-state index contributed by atoms with van der Waals surface area (Å²) in [5, 5.41) is 13.5. The lowest BCUT2D eigenvalue weighted by atomic mass is 9.79. The molecule has 8 heteroatoms. The van der Waals surface area contributed by atoms with Crippen LogP contribution in [0.25, 0.3) is 0 Å². The van der Waals surface area contributed by atoms with Gasteiger partial charge in [-0.3, -0.25) is 19.7 Å². The van der Waals surface area contributed by atoms with Crippen LogP contribution in [-0.2, 0) is 19.7 Å². The topological polar surface area (TPSA) is 125 Å². The predicted molar refractivity (Wildman–Crippen MR) is 74.7 cm³/mol. The van der Waals surface area contributed by atoms with Crippen LogP contribution in [-0.4, -0.2) is 23.4 Å². The van der Waals surface area contributed by atoms with Crippen LogP contribution in [0.1, 0.15) is 25.8 Å². The van der Waals surface area contributed by atoms with Gasteiger partial charge < -0.3 is 15.8 Å². The van der Waals surface area contributed by atoms with Gasteiger partial charge in [-0.1, -0.05) is 6.92 Å². The molecule has 0 fully saturated rings. The normalized spacial score (nSPS) is 19.8. The molecular weight excluding hydrogens is 278 g/mol. The molecule has 1 aromatic carbocycles.